The van der Waals surface area contributed by atoms with Gasteiger partial charge >= 0.3 is 0 Å². The summed E-state index contributed by atoms with van der Waals surface area (Å²) in [5.74, 6) is 0.806. The molecule has 1 aliphatic heterocycles. The van der Waals surface area contributed by atoms with Crippen LogP contribution in [-0.2, 0) is 0 Å². The molecule has 0 saturated heterocycles. The van der Waals surface area contributed by atoms with Gasteiger partial charge in [0.15, 0.2) is 0 Å². The number of hydrogen-bond acceptors (Lipinski definition) is 3. The number of aliphatic hydroxyl groups excluding tert-OH is 1. The van der Waals surface area contributed by atoms with Gasteiger partial charge in [0, 0.05) is 34.5 Å². The normalized spacial score (nSPS) is 21.3. The molecule has 0 aliphatic carbocycles. The average molecular weight is 350 g/mol. The third-order valence-electron chi connectivity index (χ3n) is 5.71. The quantitative estimate of drug-likeness (QED) is 0.621. The topological polar surface area (TPSA) is 57.3 Å². The highest BCUT2D eigenvalue weighted by Crippen LogP contribution is 2.49. The number of anilines is 1. The largest absolute Gasteiger partial charge is 0.496 e. The van der Waals surface area contributed by atoms with Crippen LogP contribution in [0.25, 0.3) is 22.0 Å². The van der Waals surface area contributed by atoms with Gasteiger partial charge in [-0.2, -0.15) is 0 Å². The second-order valence-electron chi connectivity index (χ2n) is 7.89. The third-order valence-corrected chi connectivity index (χ3v) is 5.71. The van der Waals surface area contributed by atoms with Crippen LogP contribution < -0.4 is 10.1 Å². The maximum Gasteiger partial charge on any atom is 0.132 e. The highest BCUT2D eigenvalue weighted by atomic mass is 16.5. The molecule has 4 rings (SSSR count). The molecule has 0 amide bonds. The van der Waals surface area contributed by atoms with E-state index in [-0.39, 0.29) is 11.5 Å². The molecule has 3 N–H and O–H groups in total. The highest BCUT2D eigenvalue weighted by molar-refractivity contribution is 5.97. The Bertz CT molecular complexity index is 987. The van der Waals surface area contributed by atoms with Crippen LogP contribution in [0.2, 0.25) is 0 Å². The number of hydrogen-bond donors (Lipinski definition) is 3. The minimum Gasteiger partial charge on any atom is -0.496 e. The van der Waals surface area contributed by atoms with E-state index in [0.717, 1.165) is 39.2 Å². The van der Waals surface area contributed by atoms with Gasteiger partial charge in [-0.15, -0.1) is 0 Å². The monoisotopic (exact) mass is 350 g/mol. The number of fused-ring (bicyclic) bond motifs is 2. The molecule has 0 fully saturated rings. The summed E-state index contributed by atoms with van der Waals surface area (Å²) in [4.78, 5) is 3.35. The summed E-state index contributed by atoms with van der Waals surface area (Å²) >= 11 is 0. The second-order valence-corrected chi connectivity index (χ2v) is 7.89. The molecule has 0 spiro atoms. The summed E-state index contributed by atoms with van der Waals surface area (Å²) in [5, 5.41) is 15.5. The number of nitrogens with one attached hydrogen (secondary N) is 2. The maximum absolute atomic E-state index is 10.8. The fourth-order valence-corrected chi connectivity index (χ4v) is 4.33. The number of benzene rings is 2. The molecule has 0 bridgehead atoms. The fraction of sp³-hybridized carbons (Fsp3) is 0.364. The van der Waals surface area contributed by atoms with Crippen LogP contribution in [0.3, 0.4) is 0 Å². The van der Waals surface area contributed by atoms with Crippen molar-refractivity contribution in [1.29, 1.82) is 0 Å². The Hall–Kier alpha value is -2.46. The van der Waals surface area contributed by atoms with Crippen molar-refractivity contribution in [3.63, 3.8) is 0 Å². The Morgan fingerprint density at radius 2 is 1.92 bits per heavy atom. The second kappa shape index (κ2) is 5.78. The molecule has 26 heavy (non-hydrogen) atoms. The van der Waals surface area contributed by atoms with Crippen molar-refractivity contribution in [3.05, 3.63) is 47.7 Å². The zero-order valence-electron chi connectivity index (χ0n) is 16.0. The maximum atomic E-state index is 10.8. The van der Waals surface area contributed by atoms with Crippen LogP contribution in [0, 0.1) is 6.92 Å². The van der Waals surface area contributed by atoms with E-state index >= 15 is 0 Å². The van der Waals surface area contributed by atoms with E-state index in [1.165, 1.54) is 5.39 Å². The smallest absolute Gasteiger partial charge is 0.132 e. The van der Waals surface area contributed by atoms with Crippen molar-refractivity contribution in [3.8, 4) is 16.9 Å². The van der Waals surface area contributed by atoms with Gasteiger partial charge in [-0.25, -0.2) is 0 Å². The molecule has 0 saturated carbocycles. The average Bonchev–Trinajstić information content (AvgIpc) is 3.09. The minimum absolute atomic E-state index is 0.0299. The molecule has 3 aromatic rings. The first-order valence-electron chi connectivity index (χ1n) is 9.09. The highest BCUT2D eigenvalue weighted by Gasteiger charge is 2.41. The summed E-state index contributed by atoms with van der Waals surface area (Å²) in [5.41, 5.74) is 6.17. The van der Waals surface area contributed by atoms with Crippen LogP contribution >= 0.6 is 0 Å². The van der Waals surface area contributed by atoms with E-state index in [2.05, 4.69) is 54.5 Å². The summed E-state index contributed by atoms with van der Waals surface area (Å²) < 4.78 is 5.90. The number of aryl methyl sites for hydroxylation is 1. The van der Waals surface area contributed by atoms with Gasteiger partial charge in [0.25, 0.3) is 0 Å². The lowest BCUT2D eigenvalue weighted by molar-refractivity contribution is 0.0858. The van der Waals surface area contributed by atoms with Gasteiger partial charge in [-0.3, -0.25) is 0 Å². The van der Waals surface area contributed by atoms with Gasteiger partial charge in [-0.1, -0.05) is 25.1 Å². The predicted molar refractivity (Wildman–Crippen MR) is 107 cm³/mol. The molecule has 0 radical (unpaired) electrons. The molecule has 1 aliphatic rings. The molecule has 2 atom stereocenters. The summed E-state index contributed by atoms with van der Waals surface area (Å²) in [6.45, 7) is 8.27. The van der Waals surface area contributed by atoms with Crippen molar-refractivity contribution in [2.75, 3.05) is 12.4 Å². The number of aliphatic hydroxyl groups is 1. The molecular weight excluding hydrogens is 324 g/mol. The molecule has 136 valence electrons. The first-order valence-corrected chi connectivity index (χ1v) is 9.09. The first-order chi connectivity index (χ1) is 12.3. The molecule has 4 nitrogen and oxygen atoms in total. The van der Waals surface area contributed by atoms with E-state index in [1.807, 2.05) is 20.0 Å². The van der Waals surface area contributed by atoms with Crippen LogP contribution in [-0.4, -0.2) is 28.8 Å². The standard InChI is InChI=1S/C22H26N2O2/c1-12-11-16(15-8-6-7-14-9-10-23-19(14)15)20(26-5)17-13(2)21(25)22(3,4)24-18(12)17/h6-11,13,21,23-25H,1-5H3/t13-,21+/m0/s1. The Balaban J connectivity index is 2.03. The number of aromatic nitrogens is 1. The van der Waals surface area contributed by atoms with Crippen LogP contribution in [0.15, 0.2) is 36.5 Å². The Morgan fingerprint density at radius 1 is 1.15 bits per heavy atom. The molecule has 0 unspecified atom stereocenters. The van der Waals surface area contributed by atoms with Gasteiger partial charge in [0.05, 0.1) is 24.3 Å². The van der Waals surface area contributed by atoms with E-state index in [4.69, 9.17) is 4.74 Å². The number of ether oxygens (including phenoxy) is 1. The Labute approximate surface area is 154 Å². The zero-order valence-corrected chi connectivity index (χ0v) is 16.0. The SMILES string of the molecule is COc1c(-c2cccc3cc[nH]c23)cc(C)c2c1[C@H](C)[C@@H](O)C(C)(C)N2. The molecule has 4 heteroatoms. The fourth-order valence-electron chi connectivity index (χ4n) is 4.33. The van der Waals surface area contributed by atoms with Gasteiger partial charge in [0.1, 0.15) is 5.75 Å². The van der Waals surface area contributed by atoms with Gasteiger partial charge < -0.3 is 20.1 Å². The first kappa shape index (κ1) is 17.0. The van der Waals surface area contributed by atoms with Crippen molar-refractivity contribution in [1.82, 2.24) is 4.98 Å². The third kappa shape index (κ3) is 2.32. The van der Waals surface area contributed by atoms with Crippen molar-refractivity contribution in [2.24, 2.45) is 0 Å². The minimum atomic E-state index is -0.500. The molecule has 1 aromatic heterocycles. The molecular formula is C22H26N2O2. The summed E-state index contributed by atoms with van der Waals surface area (Å²) in [6.07, 6.45) is 1.46. The number of rotatable bonds is 2. The van der Waals surface area contributed by atoms with E-state index in [0.29, 0.717) is 0 Å². The van der Waals surface area contributed by atoms with E-state index in [1.54, 1.807) is 7.11 Å². The van der Waals surface area contributed by atoms with Crippen molar-refractivity contribution < 1.29 is 9.84 Å². The van der Waals surface area contributed by atoms with Gasteiger partial charge in [0.2, 0.25) is 0 Å². The zero-order chi connectivity index (χ0) is 18.6. The summed E-state index contributed by atoms with van der Waals surface area (Å²) in [6, 6.07) is 10.5. The van der Waals surface area contributed by atoms with E-state index < -0.39 is 6.10 Å². The number of H-pyrrole nitrogens is 1. The van der Waals surface area contributed by atoms with Crippen molar-refractivity contribution in [2.45, 2.75) is 45.3 Å². The lowest BCUT2D eigenvalue weighted by Crippen LogP contribution is -2.50. The van der Waals surface area contributed by atoms with Crippen LogP contribution in [0.1, 0.15) is 37.8 Å². The summed E-state index contributed by atoms with van der Waals surface area (Å²) in [7, 11) is 1.71. The Morgan fingerprint density at radius 3 is 2.65 bits per heavy atom. The Kier molecular flexibility index (Phi) is 3.77. The van der Waals surface area contributed by atoms with Crippen LogP contribution in [0.5, 0.6) is 5.75 Å². The van der Waals surface area contributed by atoms with Gasteiger partial charge in [-0.05, 0) is 43.9 Å². The number of methoxy groups -OCH3 is 1. The molecule has 2 aromatic carbocycles. The molecule has 2 heterocycles. The number of aromatic amines is 1. The predicted octanol–water partition coefficient (Wildman–Crippen LogP) is 4.82. The van der Waals surface area contributed by atoms with E-state index in [9.17, 15) is 5.11 Å². The number of para-hydroxylation sites is 1. The van der Waals surface area contributed by atoms with Crippen molar-refractivity contribution >= 4 is 16.6 Å². The lowest BCUT2D eigenvalue weighted by atomic mass is 9.76. The van der Waals surface area contributed by atoms with Crippen LogP contribution in [0.4, 0.5) is 5.69 Å². The lowest BCUT2D eigenvalue weighted by Gasteiger charge is -2.43.